The molecule has 0 saturated carbocycles. The largest absolute Gasteiger partial charge is 0.497 e. The van der Waals surface area contributed by atoms with Crippen molar-refractivity contribution in [1.82, 2.24) is 10.2 Å². The maximum Gasteiger partial charge on any atom is 0.264 e. The van der Waals surface area contributed by atoms with Crippen LogP contribution in [0.3, 0.4) is 0 Å². The molecule has 3 rings (SSSR count). The Morgan fingerprint density at radius 1 is 0.950 bits per heavy atom. The van der Waals surface area contributed by atoms with Crippen molar-refractivity contribution in [3.63, 3.8) is 0 Å². The number of methoxy groups -OCH3 is 1. The van der Waals surface area contributed by atoms with Crippen LogP contribution in [0.2, 0.25) is 0 Å². The van der Waals surface area contributed by atoms with Crippen LogP contribution in [-0.4, -0.2) is 50.9 Å². The van der Waals surface area contributed by atoms with Crippen molar-refractivity contribution in [3.8, 4) is 5.75 Å². The van der Waals surface area contributed by atoms with Gasteiger partial charge in [0.2, 0.25) is 11.8 Å². The number of nitrogens with zero attached hydrogens (tertiary/aromatic N) is 2. The minimum absolute atomic E-state index is 0.0110. The summed E-state index contributed by atoms with van der Waals surface area (Å²) in [6, 6.07) is 18.9. The molecular weight excluding hydrogens is 533 g/mol. The molecule has 2 amide bonds. The van der Waals surface area contributed by atoms with E-state index in [9.17, 15) is 22.4 Å². The van der Waals surface area contributed by atoms with E-state index < -0.39 is 34.3 Å². The summed E-state index contributed by atoms with van der Waals surface area (Å²) in [6.07, 6.45) is 0.993. The van der Waals surface area contributed by atoms with Crippen molar-refractivity contribution in [1.29, 1.82) is 0 Å². The summed E-state index contributed by atoms with van der Waals surface area (Å²) in [6.45, 7) is 5.01. The molecule has 0 bridgehead atoms. The molecule has 40 heavy (non-hydrogen) atoms. The smallest absolute Gasteiger partial charge is 0.264 e. The zero-order chi connectivity index (χ0) is 29.3. The van der Waals surface area contributed by atoms with Gasteiger partial charge in [-0.25, -0.2) is 12.8 Å². The molecule has 0 aliphatic carbocycles. The van der Waals surface area contributed by atoms with Crippen LogP contribution in [0.5, 0.6) is 5.75 Å². The molecule has 0 aliphatic heterocycles. The molecular formula is C30H36FN3O5S. The number of sulfonamides is 1. The minimum Gasteiger partial charge on any atom is -0.497 e. The highest BCUT2D eigenvalue weighted by molar-refractivity contribution is 7.92. The van der Waals surface area contributed by atoms with E-state index in [1.54, 1.807) is 43.3 Å². The lowest BCUT2D eigenvalue weighted by molar-refractivity contribution is -0.140. The monoisotopic (exact) mass is 569 g/mol. The fourth-order valence-corrected chi connectivity index (χ4v) is 5.59. The van der Waals surface area contributed by atoms with Gasteiger partial charge in [-0.05, 0) is 61.7 Å². The van der Waals surface area contributed by atoms with Crippen molar-refractivity contribution < 1.29 is 27.1 Å². The van der Waals surface area contributed by atoms with E-state index in [4.69, 9.17) is 4.74 Å². The highest BCUT2D eigenvalue weighted by Crippen LogP contribution is 2.27. The highest BCUT2D eigenvalue weighted by Gasteiger charge is 2.34. The normalized spacial score (nSPS) is 12.7. The molecule has 0 saturated heterocycles. The van der Waals surface area contributed by atoms with Gasteiger partial charge in [0.1, 0.15) is 24.2 Å². The fraction of sp³-hybridized carbons (Fsp3) is 0.333. The van der Waals surface area contributed by atoms with Gasteiger partial charge in [-0.2, -0.15) is 0 Å². The SMILES string of the molecule is CCC(C)NC(=O)C(CC)N(Cc1ccc(F)cc1)C(=O)CN(c1cccc(OC)c1)S(=O)(=O)c1ccccc1. The van der Waals surface area contributed by atoms with E-state index in [0.717, 1.165) is 4.31 Å². The van der Waals surface area contributed by atoms with E-state index in [-0.39, 0.29) is 29.1 Å². The Morgan fingerprint density at radius 2 is 1.62 bits per heavy atom. The zero-order valence-corrected chi connectivity index (χ0v) is 24.0. The van der Waals surface area contributed by atoms with Crippen molar-refractivity contribution in [2.45, 2.75) is 57.1 Å². The van der Waals surface area contributed by atoms with Crippen LogP contribution in [0.1, 0.15) is 39.2 Å². The number of hydrogen-bond donors (Lipinski definition) is 1. The summed E-state index contributed by atoms with van der Waals surface area (Å²) < 4.78 is 47.6. The minimum atomic E-state index is -4.18. The molecule has 10 heteroatoms. The molecule has 2 unspecified atom stereocenters. The summed E-state index contributed by atoms with van der Waals surface area (Å²) >= 11 is 0. The Labute approximate surface area is 235 Å². The first kappa shape index (κ1) is 30.6. The van der Waals surface area contributed by atoms with Gasteiger partial charge < -0.3 is 15.0 Å². The lowest BCUT2D eigenvalue weighted by Gasteiger charge is -2.33. The van der Waals surface area contributed by atoms with Crippen molar-refractivity contribution >= 4 is 27.5 Å². The third kappa shape index (κ3) is 7.59. The van der Waals surface area contributed by atoms with Gasteiger partial charge in [0.15, 0.2) is 0 Å². The van der Waals surface area contributed by atoms with Gasteiger partial charge in [0.25, 0.3) is 10.0 Å². The topological polar surface area (TPSA) is 96.0 Å². The van der Waals surface area contributed by atoms with Crippen LogP contribution in [0.25, 0.3) is 0 Å². The summed E-state index contributed by atoms with van der Waals surface area (Å²) in [5, 5.41) is 2.93. The number of anilines is 1. The van der Waals surface area contributed by atoms with Gasteiger partial charge in [0, 0.05) is 18.7 Å². The fourth-order valence-electron chi connectivity index (χ4n) is 4.16. The predicted octanol–water partition coefficient (Wildman–Crippen LogP) is 4.75. The summed E-state index contributed by atoms with van der Waals surface area (Å²) in [5.41, 5.74) is 0.832. The number of nitrogens with one attached hydrogen (secondary N) is 1. The summed E-state index contributed by atoms with van der Waals surface area (Å²) in [5.74, 6) is -0.939. The van der Waals surface area contributed by atoms with E-state index in [2.05, 4.69) is 5.32 Å². The number of halogens is 1. The van der Waals surface area contributed by atoms with Gasteiger partial charge in [-0.15, -0.1) is 0 Å². The van der Waals surface area contributed by atoms with Crippen LogP contribution < -0.4 is 14.4 Å². The Morgan fingerprint density at radius 3 is 2.23 bits per heavy atom. The number of carbonyl (C=O) groups excluding carboxylic acids is 2. The summed E-state index contributed by atoms with van der Waals surface area (Å²) in [4.78, 5) is 28.7. The molecule has 214 valence electrons. The number of amides is 2. The first-order chi connectivity index (χ1) is 19.1. The molecule has 3 aromatic carbocycles. The second kappa shape index (κ2) is 13.9. The first-order valence-electron chi connectivity index (χ1n) is 13.2. The Kier molecular flexibility index (Phi) is 10.7. The number of hydrogen-bond acceptors (Lipinski definition) is 5. The molecule has 0 fully saturated rings. The Balaban J connectivity index is 2.06. The van der Waals surface area contributed by atoms with Crippen molar-refractivity contribution in [3.05, 3.63) is 90.2 Å². The third-order valence-electron chi connectivity index (χ3n) is 6.60. The Hall–Kier alpha value is -3.92. The molecule has 3 aromatic rings. The standard InChI is InChI=1S/C30H36FN3O5S/c1-5-22(3)32-30(36)28(6-2)33(20-23-15-17-24(31)18-16-23)29(35)21-34(25-11-10-12-26(19-25)39-4)40(37,38)27-13-8-7-9-14-27/h7-19,22,28H,5-6,20-21H2,1-4H3,(H,32,36). The molecule has 1 N–H and O–H groups in total. The lowest BCUT2D eigenvalue weighted by atomic mass is 10.1. The van der Waals surface area contributed by atoms with Gasteiger partial charge in [-0.1, -0.05) is 50.2 Å². The second-order valence-corrected chi connectivity index (χ2v) is 11.3. The van der Waals surface area contributed by atoms with E-state index in [1.165, 1.54) is 54.5 Å². The van der Waals surface area contributed by atoms with Crippen LogP contribution in [0.15, 0.2) is 83.8 Å². The number of rotatable bonds is 13. The van der Waals surface area contributed by atoms with Crippen LogP contribution >= 0.6 is 0 Å². The summed E-state index contributed by atoms with van der Waals surface area (Å²) in [7, 11) is -2.72. The molecule has 0 spiro atoms. The van der Waals surface area contributed by atoms with E-state index >= 15 is 0 Å². The lowest BCUT2D eigenvalue weighted by Crippen LogP contribution is -2.53. The predicted molar refractivity (Wildman–Crippen MR) is 153 cm³/mol. The van der Waals surface area contributed by atoms with E-state index in [0.29, 0.717) is 24.2 Å². The molecule has 0 heterocycles. The van der Waals surface area contributed by atoms with Gasteiger partial charge in [-0.3, -0.25) is 13.9 Å². The number of ether oxygens (including phenoxy) is 1. The molecule has 0 aliphatic rings. The Bertz CT molecular complexity index is 1380. The molecule has 2 atom stereocenters. The van der Waals surface area contributed by atoms with Crippen molar-refractivity contribution in [2.75, 3.05) is 18.0 Å². The average molecular weight is 570 g/mol. The molecule has 0 aromatic heterocycles. The average Bonchev–Trinajstić information content (AvgIpc) is 2.96. The molecule has 0 radical (unpaired) electrons. The highest BCUT2D eigenvalue weighted by atomic mass is 32.2. The zero-order valence-electron chi connectivity index (χ0n) is 23.2. The van der Waals surface area contributed by atoms with Crippen LogP contribution in [-0.2, 0) is 26.2 Å². The van der Waals surface area contributed by atoms with E-state index in [1.807, 2.05) is 13.8 Å². The number of benzene rings is 3. The maximum absolute atomic E-state index is 14.0. The number of carbonyl (C=O) groups is 2. The molecule has 8 nitrogen and oxygen atoms in total. The van der Waals surface area contributed by atoms with Gasteiger partial charge in [0.05, 0.1) is 17.7 Å². The van der Waals surface area contributed by atoms with Crippen LogP contribution in [0, 0.1) is 5.82 Å². The second-order valence-electron chi connectivity index (χ2n) is 9.42. The third-order valence-corrected chi connectivity index (χ3v) is 8.39. The van der Waals surface area contributed by atoms with Gasteiger partial charge >= 0.3 is 0 Å². The quantitative estimate of drug-likeness (QED) is 0.321. The maximum atomic E-state index is 14.0. The van der Waals surface area contributed by atoms with Crippen LogP contribution in [0.4, 0.5) is 10.1 Å². The first-order valence-corrected chi connectivity index (χ1v) is 14.6. The van der Waals surface area contributed by atoms with Crippen molar-refractivity contribution in [2.24, 2.45) is 0 Å².